The van der Waals surface area contributed by atoms with Crippen molar-refractivity contribution in [3.8, 4) is 0 Å². The van der Waals surface area contributed by atoms with Crippen LogP contribution >= 0.6 is 7.60 Å². The molecule has 4 N–H and O–H groups in total. The van der Waals surface area contributed by atoms with Crippen molar-refractivity contribution in [1.82, 2.24) is 19.5 Å². The highest BCUT2D eigenvalue weighted by Crippen LogP contribution is 2.49. The first-order valence-electron chi connectivity index (χ1n) is 10.5. The molecule has 0 radical (unpaired) electrons. The molecule has 2 heterocycles. The highest BCUT2D eigenvalue weighted by Gasteiger charge is 2.28. The van der Waals surface area contributed by atoms with Gasteiger partial charge in [0.2, 0.25) is 5.95 Å². The van der Waals surface area contributed by atoms with Crippen LogP contribution in [0.4, 0.5) is 11.8 Å². The Morgan fingerprint density at radius 1 is 1.25 bits per heavy atom. The van der Waals surface area contributed by atoms with Gasteiger partial charge in [0.1, 0.15) is 11.9 Å². The van der Waals surface area contributed by atoms with Crippen LogP contribution in [0.25, 0.3) is 11.2 Å². The van der Waals surface area contributed by atoms with Gasteiger partial charge in [-0.05, 0) is 24.8 Å². The van der Waals surface area contributed by atoms with Gasteiger partial charge in [-0.15, -0.1) is 0 Å². The lowest BCUT2D eigenvalue weighted by Gasteiger charge is -2.23. The molecule has 0 saturated heterocycles. The molecule has 0 spiro atoms. The third kappa shape index (κ3) is 6.60. The Labute approximate surface area is 187 Å². The van der Waals surface area contributed by atoms with E-state index in [1.807, 2.05) is 13.0 Å². The molecule has 2 unspecified atom stereocenters. The van der Waals surface area contributed by atoms with Crippen molar-refractivity contribution < 1.29 is 23.1 Å². The molecule has 11 nitrogen and oxygen atoms in total. The van der Waals surface area contributed by atoms with Gasteiger partial charge in [0.05, 0.1) is 38.8 Å². The summed E-state index contributed by atoms with van der Waals surface area (Å²) in [5.74, 6) is 0.255. The maximum atomic E-state index is 13.3. The van der Waals surface area contributed by atoms with E-state index in [-0.39, 0.29) is 31.3 Å². The molecule has 0 aromatic carbocycles. The molecule has 2 aromatic rings. The number of allylic oxidation sites excluding steroid dienone is 2. The van der Waals surface area contributed by atoms with E-state index < -0.39 is 13.7 Å². The second kappa shape index (κ2) is 11.5. The van der Waals surface area contributed by atoms with Gasteiger partial charge in [0, 0.05) is 7.11 Å². The minimum Gasteiger partial charge on any atom is -0.382 e. The number of hydrogen-bond donors (Lipinski definition) is 2. The third-order valence-electron chi connectivity index (χ3n) is 4.72. The van der Waals surface area contributed by atoms with Gasteiger partial charge in [-0.2, -0.15) is 9.97 Å². The molecular formula is C20H31N6O5P. The summed E-state index contributed by atoms with van der Waals surface area (Å²) in [6.45, 7) is 3.03. The molecule has 2 atom stereocenters. The van der Waals surface area contributed by atoms with Crippen molar-refractivity contribution in [1.29, 1.82) is 0 Å². The van der Waals surface area contributed by atoms with Crippen LogP contribution in [0, 0.1) is 0 Å². The highest BCUT2D eigenvalue weighted by atomic mass is 31.2. The largest absolute Gasteiger partial charge is 0.382 e. The van der Waals surface area contributed by atoms with E-state index in [0.717, 1.165) is 18.4 Å². The lowest BCUT2D eigenvalue weighted by Crippen LogP contribution is -2.26. The molecule has 176 valence electrons. The minimum atomic E-state index is -3.48. The van der Waals surface area contributed by atoms with Crippen LogP contribution in [-0.4, -0.2) is 58.9 Å². The van der Waals surface area contributed by atoms with Crippen LogP contribution in [0.5, 0.6) is 0 Å². The lowest BCUT2D eigenvalue weighted by atomic mass is 10.1. The van der Waals surface area contributed by atoms with E-state index in [0.29, 0.717) is 30.7 Å². The van der Waals surface area contributed by atoms with Crippen molar-refractivity contribution in [3.63, 3.8) is 0 Å². The van der Waals surface area contributed by atoms with Gasteiger partial charge in [0.15, 0.2) is 11.5 Å². The van der Waals surface area contributed by atoms with E-state index >= 15 is 0 Å². The SMILES string of the molecule is CCCOP(=O)(COC(COC)Cn1cnc2c(N)nc(N)nc21)OCC1=CCCC=C1. The molecule has 0 aliphatic heterocycles. The maximum absolute atomic E-state index is 13.3. The summed E-state index contributed by atoms with van der Waals surface area (Å²) in [4.78, 5) is 12.4. The molecule has 12 heteroatoms. The summed E-state index contributed by atoms with van der Waals surface area (Å²) >= 11 is 0. The Balaban J connectivity index is 1.68. The fourth-order valence-electron chi connectivity index (χ4n) is 3.16. The maximum Gasteiger partial charge on any atom is 0.356 e. The molecule has 1 aliphatic rings. The average molecular weight is 466 g/mol. The number of rotatable bonds is 13. The Bertz CT molecular complexity index is 1010. The van der Waals surface area contributed by atoms with Crippen LogP contribution < -0.4 is 11.5 Å². The Kier molecular flexibility index (Phi) is 8.77. The zero-order valence-corrected chi connectivity index (χ0v) is 19.4. The van der Waals surface area contributed by atoms with Crippen LogP contribution in [0.2, 0.25) is 0 Å². The van der Waals surface area contributed by atoms with Crippen LogP contribution in [0.1, 0.15) is 26.2 Å². The van der Waals surface area contributed by atoms with Crippen molar-refractivity contribution in [3.05, 3.63) is 30.1 Å². The summed E-state index contributed by atoms with van der Waals surface area (Å²) in [5, 5.41) is 0. The third-order valence-corrected chi connectivity index (χ3v) is 6.28. The first kappa shape index (κ1) is 24.3. The van der Waals surface area contributed by atoms with E-state index in [1.54, 1.807) is 18.0 Å². The van der Waals surface area contributed by atoms with Gasteiger partial charge in [0.25, 0.3) is 0 Å². The first-order chi connectivity index (χ1) is 15.4. The monoisotopic (exact) mass is 466 g/mol. The van der Waals surface area contributed by atoms with Crippen LogP contribution in [-0.2, 0) is 29.6 Å². The topological polar surface area (TPSA) is 150 Å². The smallest absolute Gasteiger partial charge is 0.356 e. The molecule has 0 bridgehead atoms. The summed E-state index contributed by atoms with van der Waals surface area (Å²) in [6, 6.07) is 0. The fraction of sp³-hybridized carbons (Fsp3) is 0.550. The number of hydrogen-bond acceptors (Lipinski definition) is 10. The number of aromatic nitrogens is 4. The Hall–Kier alpha value is -2.30. The molecule has 3 rings (SSSR count). The quantitative estimate of drug-likeness (QED) is 0.422. The minimum absolute atomic E-state index is 0.0536. The Morgan fingerprint density at radius 3 is 2.81 bits per heavy atom. The average Bonchev–Trinajstić information content (AvgIpc) is 3.18. The predicted molar refractivity (Wildman–Crippen MR) is 122 cm³/mol. The summed E-state index contributed by atoms with van der Waals surface area (Å²) in [6.07, 6.45) is 9.68. The number of methoxy groups -OCH3 is 1. The van der Waals surface area contributed by atoms with Gasteiger partial charge in [-0.1, -0.05) is 25.2 Å². The van der Waals surface area contributed by atoms with Crippen molar-refractivity contribution in [2.45, 2.75) is 38.8 Å². The summed E-state index contributed by atoms with van der Waals surface area (Å²) in [7, 11) is -1.92. The second-order valence-corrected chi connectivity index (χ2v) is 9.38. The molecule has 32 heavy (non-hydrogen) atoms. The van der Waals surface area contributed by atoms with E-state index in [1.165, 1.54) is 0 Å². The van der Waals surface area contributed by atoms with Gasteiger partial charge in [-0.25, -0.2) is 4.98 Å². The molecule has 0 fully saturated rings. The predicted octanol–water partition coefficient (Wildman–Crippen LogP) is 2.89. The van der Waals surface area contributed by atoms with Gasteiger partial charge >= 0.3 is 7.60 Å². The van der Waals surface area contributed by atoms with Crippen LogP contribution in [0.15, 0.2) is 30.1 Å². The normalized spacial score (nSPS) is 16.8. The number of nitrogens with two attached hydrogens (primary N) is 2. The molecule has 2 aromatic heterocycles. The number of anilines is 2. The van der Waals surface area contributed by atoms with Gasteiger partial charge in [-0.3, -0.25) is 4.57 Å². The van der Waals surface area contributed by atoms with Crippen molar-refractivity contribution >= 4 is 30.5 Å². The van der Waals surface area contributed by atoms with Crippen molar-refractivity contribution in [2.24, 2.45) is 0 Å². The summed E-state index contributed by atoms with van der Waals surface area (Å²) < 4.78 is 37.5. The lowest BCUT2D eigenvalue weighted by molar-refractivity contribution is 0.000957. The number of nitrogens with zero attached hydrogens (tertiary/aromatic N) is 4. The standard InChI is InChI=1S/C20H31N6O5P/c1-3-9-30-32(27,31-11-15-7-5-4-6-8-15)14-29-16(12-28-2)10-26-13-23-17-18(21)24-20(22)25-19(17)26/h5,7-8,13,16H,3-4,6,9-12,14H2,1-2H3,(H4,21,22,24,25). The first-order valence-corrected chi connectivity index (χ1v) is 12.2. The Morgan fingerprint density at radius 2 is 2.09 bits per heavy atom. The molecule has 1 aliphatic carbocycles. The highest BCUT2D eigenvalue weighted by molar-refractivity contribution is 7.53. The van der Waals surface area contributed by atoms with Crippen molar-refractivity contribution in [2.75, 3.05) is 44.7 Å². The number of imidazole rings is 1. The number of fused-ring (bicyclic) bond motifs is 1. The second-order valence-electron chi connectivity index (χ2n) is 7.39. The zero-order chi connectivity index (χ0) is 23.0. The van der Waals surface area contributed by atoms with E-state index in [9.17, 15) is 4.57 Å². The number of nitrogen functional groups attached to an aromatic ring is 2. The van der Waals surface area contributed by atoms with Crippen LogP contribution in [0.3, 0.4) is 0 Å². The molecular weight excluding hydrogens is 435 g/mol. The molecule has 0 saturated carbocycles. The van der Waals surface area contributed by atoms with Gasteiger partial charge < -0.3 is 34.6 Å². The zero-order valence-electron chi connectivity index (χ0n) is 18.5. The number of ether oxygens (including phenoxy) is 2. The van der Waals surface area contributed by atoms with E-state index in [4.69, 9.17) is 30.0 Å². The van der Waals surface area contributed by atoms with E-state index in [2.05, 4.69) is 27.1 Å². The summed E-state index contributed by atoms with van der Waals surface area (Å²) in [5.41, 5.74) is 13.5. The molecule has 0 amide bonds. The fourth-order valence-corrected chi connectivity index (χ4v) is 4.59.